The van der Waals surface area contributed by atoms with E-state index in [0.29, 0.717) is 0 Å². The quantitative estimate of drug-likeness (QED) is 0.649. The Morgan fingerprint density at radius 3 is 3.20 bits per heavy atom. The summed E-state index contributed by atoms with van der Waals surface area (Å²) >= 11 is 0. The number of allylic oxidation sites excluding steroid dienone is 2. The van der Waals surface area contributed by atoms with Gasteiger partial charge in [-0.15, -0.1) is 0 Å². The zero-order chi connectivity index (χ0) is 10.1. The second-order valence-electron chi connectivity index (χ2n) is 4.60. The average molecular weight is 203 g/mol. The zero-order valence-electron chi connectivity index (χ0n) is 8.91. The summed E-state index contributed by atoms with van der Waals surface area (Å²) in [6, 6.07) is 0. The van der Waals surface area contributed by atoms with Crippen molar-refractivity contribution in [1.29, 1.82) is 0 Å². The molecule has 0 saturated carbocycles. The minimum Gasteiger partial charge on any atom is -0.359 e. The first-order valence-corrected chi connectivity index (χ1v) is 5.84. The van der Waals surface area contributed by atoms with Gasteiger partial charge in [0.05, 0.1) is 5.60 Å². The molecule has 0 aromatic carbocycles. The van der Waals surface area contributed by atoms with Crippen LogP contribution in [-0.4, -0.2) is 24.8 Å². The van der Waals surface area contributed by atoms with Crippen molar-refractivity contribution in [3.8, 4) is 0 Å². The van der Waals surface area contributed by atoms with Crippen molar-refractivity contribution in [2.45, 2.75) is 31.0 Å². The molecule has 3 rings (SSSR count). The van der Waals surface area contributed by atoms with Crippen LogP contribution in [0.4, 0.5) is 0 Å². The van der Waals surface area contributed by atoms with Crippen molar-refractivity contribution in [2.24, 2.45) is 0 Å². The van der Waals surface area contributed by atoms with Gasteiger partial charge in [0.15, 0.2) is 0 Å². The van der Waals surface area contributed by atoms with Gasteiger partial charge in [-0.3, -0.25) is 0 Å². The summed E-state index contributed by atoms with van der Waals surface area (Å²) in [6.07, 6.45) is 14.5. The molecule has 2 atom stereocenters. The summed E-state index contributed by atoms with van der Waals surface area (Å²) in [6.45, 7) is 2.20. The summed E-state index contributed by atoms with van der Waals surface area (Å²) in [4.78, 5) is 0. The van der Waals surface area contributed by atoms with Crippen LogP contribution in [0, 0.1) is 0 Å². The van der Waals surface area contributed by atoms with Crippen molar-refractivity contribution in [1.82, 2.24) is 5.32 Å². The Labute approximate surface area is 90.7 Å². The van der Waals surface area contributed by atoms with E-state index in [-0.39, 0.29) is 11.7 Å². The van der Waals surface area contributed by atoms with Crippen LogP contribution in [0.15, 0.2) is 36.0 Å². The summed E-state index contributed by atoms with van der Waals surface area (Å²) in [7, 11) is 0. The van der Waals surface area contributed by atoms with Crippen LogP contribution in [0.2, 0.25) is 0 Å². The average Bonchev–Trinajstić information content (AvgIpc) is 2.45. The first-order chi connectivity index (χ1) is 7.38. The fourth-order valence-electron chi connectivity index (χ4n) is 2.69. The van der Waals surface area contributed by atoms with E-state index in [9.17, 15) is 0 Å². The van der Waals surface area contributed by atoms with E-state index in [1.807, 2.05) is 0 Å². The molecule has 2 heterocycles. The lowest BCUT2D eigenvalue weighted by Gasteiger charge is -2.26. The van der Waals surface area contributed by atoms with Crippen molar-refractivity contribution in [2.75, 3.05) is 13.1 Å². The van der Waals surface area contributed by atoms with Crippen molar-refractivity contribution < 1.29 is 4.74 Å². The number of hydrogen-bond acceptors (Lipinski definition) is 2. The molecule has 2 heteroatoms. The van der Waals surface area contributed by atoms with Crippen LogP contribution in [-0.2, 0) is 4.74 Å². The van der Waals surface area contributed by atoms with Gasteiger partial charge in [-0.25, -0.2) is 0 Å². The van der Waals surface area contributed by atoms with E-state index in [4.69, 9.17) is 4.74 Å². The molecule has 15 heavy (non-hydrogen) atoms. The summed E-state index contributed by atoms with van der Waals surface area (Å²) in [5.74, 6) is 0. The molecule has 3 aliphatic rings. The molecule has 0 radical (unpaired) electrons. The Balaban J connectivity index is 1.86. The maximum atomic E-state index is 6.20. The fourth-order valence-corrected chi connectivity index (χ4v) is 2.69. The van der Waals surface area contributed by atoms with Crippen molar-refractivity contribution in [3.63, 3.8) is 0 Å². The van der Waals surface area contributed by atoms with Gasteiger partial charge in [-0.1, -0.05) is 24.3 Å². The van der Waals surface area contributed by atoms with Gasteiger partial charge >= 0.3 is 0 Å². The molecule has 80 valence electrons. The zero-order valence-corrected chi connectivity index (χ0v) is 8.91. The largest absolute Gasteiger partial charge is 0.359 e. The van der Waals surface area contributed by atoms with E-state index in [1.54, 1.807) is 0 Å². The maximum absolute atomic E-state index is 6.20. The SMILES string of the molecule is C1=CC2=CC3(CCCNCC3)OC2C=C1. The lowest BCUT2D eigenvalue weighted by Crippen LogP contribution is -2.30. The molecule has 2 aliphatic heterocycles. The molecule has 0 aromatic heterocycles. The fraction of sp³-hybridized carbons (Fsp3) is 0.538. The van der Waals surface area contributed by atoms with E-state index in [1.165, 1.54) is 12.0 Å². The van der Waals surface area contributed by atoms with Crippen molar-refractivity contribution >= 4 is 0 Å². The van der Waals surface area contributed by atoms with Gasteiger partial charge in [0, 0.05) is 0 Å². The Morgan fingerprint density at radius 1 is 1.27 bits per heavy atom. The molecule has 1 N–H and O–H groups in total. The first-order valence-electron chi connectivity index (χ1n) is 5.84. The molecule has 1 aliphatic carbocycles. The minimum atomic E-state index is 0.0164. The molecule has 2 nitrogen and oxygen atoms in total. The molecule has 0 amide bonds. The maximum Gasteiger partial charge on any atom is 0.102 e. The smallest absolute Gasteiger partial charge is 0.102 e. The molecular weight excluding hydrogens is 186 g/mol. The van der Waals surface area contributed by atoms with Crippen LogP contribution >= 0.6 is 0 Å². The molecule has 0 bridgehead atoms. The minimum absolute atomic E-state index is 0.0164. The Kier molecular flexibility index (Phi) is 2.26. The number of ether oxygens (including phenoxy) is 1. The number of hydrogen-bond donors (Lipinski definition) is 1. The highest BCUT2D eigenvalue weighted by atomic mass is 16.5. The van der Waals surface area contributed by atoms with Crippen LogP contribution in [0.3, 0.4) is 0 Å². The number of rotatable bonds is 0. The predicted octanol–water partition coefficient (Wildman–Crippen LogP) is 1.95. The third kappa shape index (κ3) is 1.68. The van der Waals surface area contributed by atoms with Gasteiger partial charge in [-0.2, -0.15) is 0 Å². The van der Waals surface area contributed by atoms with E-state index >= 15 is 0 Å². The monoisotopic (exact) mass is 203 g/mol. The summed E-state index contributed by atoms with van der Waals surface area (Å²) in [5, 5.41) is 3.43. The molecule has 0 aromatic rings. The van der Waals surface area contributed by atoms with Gasteiger partial charge in [0.25, 0.3) is 0 Å². The highest BCUT2D eigenvalue weighted by Gasteiger charge is 2.38. The van der Waals surface area contributed by atoms with Gasteiger partial charge in [0.1, 0.15) is 6.10 Å². The van der Waals surface area contributed by atoms with Crippen molar-refractivity contribution in [3.05, 3.63) is 36.0 Å². The van der Waals surface area contributed by atoms with Crippen LogP contribution in [0.1, 0.15) is 19.3 Å². The molecule has 2 unspecified atom stereocenters. The second kappa shape index (κ2) is 3.62. The summed E-state index contributed by atoms with van der Waals surface area (Å²) < 4.78 is 6.20. The molecular formula is C13H17NO. The summed E-state index contributed by atoms with van der Waals surface area (Å²) in [5.41, 5.74) is 1.36. The second-order valence-corrected chi connectivity index (χ2v) is 4.60. The van der Waals surface area contributed by atoms with Gasteiger partial charge in [0.2, 0.25) is 0 Å². The van der Waals surface area contributed by atoms with Crippen LogP contribution < -0.4 is 5.32 Å². The van der Waals surface area contributed by atoms with Crippen LogP contribution in [0.25, 0.3) is 0 Å². The molecule has 1 fully saturated rings. The predicted molar refractivity (Wildman–Crippen MR) is 60.7 cm³/mol. The van der Waals surface area contributed by atoms with E-state index < -0.39 is 0 Å². The standard InChI is InChI=1S/C13H17NO/c1-2-5-12-11(4-1)10-13(15-12)6-3-8-14-9-7-13/h1-2,4-5,10,12,14H,3,6-9H2. The lowest BCUT2D eigenvalue weighted by atomic mass is 9.93. The Hall–Kier alpha value is -0.860. The number of nitrogens with one attached hydrogen (secondary N) is 1. The van der Waals surface area contributed by atoms with E-state index in [2.05, 4.69) is 35.7 Å². The normalized spacial score (nSPS) is 38.9. The lowest BCUT2D eigenvalue weighted by molar-refractivity contribution is -0.0143. The van der Waals surface area contributed by atoms with E-state index in [0.717, 1.165) is 25.9 Å². The topological polar surface area (TPSA) is 21.3 Å². The van der Waals surface area contributed by atoms with Crippen LogP contribution in [0.5, 0.6) is 0 Å². The Bertz CT molecular complexity index is 332. The molecule has 1 saturated heterocycles. The van der Waals surface area contributed by atoms with Gasteiger partial charge < -0.3 is 10.1 Å². The molecule has 1 spiro atoms. The van der Waals surface area contributed by atoms with Gasteiger partial charge in [-0.05, 0) is 44.0 Å². The highest BCUT2D eigenvalue weighted by Crippen LogP contribution is 2.38. The highest BCUT2D eigenvalue weighted by molar-refractivity contribution is 5.40. The number of fused-ring (bicyclic) bond motifs is 1. The third-order valence-electron chi connectivity index (χ3n) is 3.48. The Morgan fingerprint density at radius 2 is 2.27 bits per heavy atom. The third-order valence-corrected chi connectivity index (χ3v) is 3.48. The first kappa shape index (κ1) is 9.37.